The smallest absolute Gasteiger partial charge is 0.387 e. The highest BCUT2D eigenvalue weighted by Crippen LogP contribution is 2.23. The molecule has 0 aliphatic heterocycles. The maximum absolute atomic E-state index is 12.2. The normalized spacial score (nSPS) is 11.4. The molecule has 0 saturated carbocycles. The van der Waals surface area contributed by atoms with E-state index in [2.05, 4.69) is 10.1 Å². The van der Waals surface area contributed by atoms with Crippen LogP contribution >= 0.6 is 11.6 Å². The standard InChI is InChI=1S/C18H17ClF2N2O6S/c1-23(2)30(26,27)13-7-8-15(19)14(9-13)17(25)28-10-16(24)22-11-3-5-12(6-4-11)29-18(20)21/h3-9,18H,10H2,1-2H3,(H,22,24). The van der Waals surface area contributed by atoms with E-state index in [0.717, 1.165) is 10.4 Å². The summed E-state index contributed by atoms with van der Waals surface area (Å²) in [6, 6.07) is 8.63. The van der Waals surface area contributed by atoms with Crippen molar-refractivity contribution in [3.8, 4) is 5.75 Å². The molecule has 0 aliphatic carbocycles. The molecule has 30 heavy (non-hydrogen) atoms. The molecule has 2 aromatic carbocycles. The van der Waals surface area contributed by atoms with Crippen LogP contribution in [0.15, 0.2) is 47.4 Å². The molecule has 1 N–H and O–H groups in total. The van der Waals surface area contributed by atoms with Crippen LogP contribution in [-0.4, -0.2) is 51.9 Å². The van der Waals surface area contributed by atoms with Gasteiger partial charge in [0.2, 0.25) is 10.0 Å². The minimum Gasteiger partial charge on any atom is -0.452 e. The summed E-state index contributed by atoms with van der Waals surface area (Å²) in [6.07, 6.45) is 0. The predicted octanol–water partition coefficient (Wildman–Crippen LogP) is 2.99. The molecule has 0 radical (unpaired) electrons. The zero-order valence-corrected chi connectivity index (χ0v) is 17.3. The quantitative estimate of drug-likeness (QED) is 0.605. The van der Waals surface area contributed by atoms with Gasteiger partial charge in [0.1, 0.15) is 5.75 Å². The molecule has 2 rings (SSSR count). The summed E-state index contributed by atoms with van der Waals surface area (Å²) in [4.78, 5) is 24.0. The minimum atomic E-state index is -3.80. The second-order valence-corrected chi connectivity index (χ2v) is 8.52. The first-order valence-corrected chi connectivity index (χ1v) is 10.1. The van der Waals surface area contributed by atoms with Crippen molar-refractivity contribution in [1.29, 1.82) is 0 Å². The summed E-state index contributed by atoms with van der Waals surface area (Å²) in [5.41, 5.74) is 0.0377. The lowest BCUT2D eigenvalue weighted by Gasteiger charge is -2.13. The fourth-order valence-electron chi connectivity index (χ4n) is 2.16. The Kier molecular flexibility index (Phi) is 7.71. The van der Waals surface area contributed by atoms with Gasteiger partial charge in [-0.3, -0.25) is 4.79 Å². The van der Waals surface area contributed by atoms with E-state index in [1.807, 2.05) is 0 Å². The first kappa shape index (κ1) is 23.5. The number of alkyl halides is 2. The van der Waals surface area contributed by atoms with Crippen molar-refractivity contribution in [1.82, 2.24) is 4.31 Å². The van der Waals surface area contributed by atoms with Crippen LogP contribution in [-0.2, 0) is 19.6 Å². The van der Waals surface area contributed by atoms with Gasteiger partial charge in [0.25, 0.3) is 5.91 Å². The molecule has 0 aromatic heterocycles. The van der Waals surface area contributed by atoms with Crippen molar-refractivity contribution >= 4 is 39.2 Å². The number of sulfonamides is 1. The summed E-state index contributed by atoms with van der Waals surface area (Å²) < 4.78 is 58.6. The molecule has 0 fully saturated rings. The van der Waals surface area contributed by atoms with Crippen LogP contribution in [0.25, 0.3) is 0 Å². The maximum atomic E-state index is 12.2. The number of halogens is 3. The Balaban J connectivity index is 2.01. The number of rotatable bonds is 8. The number of esters is 1. The Morgan fingerprint density at radius 1 is 1.13 bits per heavy atom. The molecule has 0 unspecified atom stereocenters. The zero-order chi connectivity index (χ0) is 22.5. The Bertz CT molecular complexity index is 1030. The average Bonchev–Trinajstić information content (AvgIpc) is 2.67. The number of ether oxygens (including phenoxy) is 2. The number of hydrogen-bond acceptors (Lipinski definition) is 6. The molecule has 0 heterocycles. The number of benzene rings is 2. The van der Waals surface area contributed by atoms with Gasteiger partial charge in [0.15, 0.2) is 6.61 Å². The van der Waals surface area contributed by atoms with E-state index >= 15 is 0 Å². The van der Waals surface area contributed by atoms with Crippen LogP contribution < -0.4 is 10.1 Å². The molecule has 1 amide bonds. The Labute approximate surface area is 176 Å². The second kappa shape index (κ2) is 9.83. The summed E-state index contributed by atoms with van der Waals surface area (Å²) >= 11 is 5.94. The van der Waals surface area contributed by atoms with E-state index in [1.165, 1.54) is 50.5 Å². The van der Waals surface area contributed by atoms with Crippen molar-refractivity contribution in [3.05, 3.63) is 53.1 Å². The zero-order valence-electron chi connectivity index (χ0n) is 15.8. The van der Waals surface area contributed by atoms with E-state index in [4.69, 9.17) is 16.3 Å². The molecule has 0 atom stereocenters. The van der Waals surface area contributed by atoms with Crippen LogP contribution in [0.4, 0.5) is 14.5 Å². The van der Waals surface area contributed by atoms with Gasteiger partial charge in [-0.05, 0) is 42.5 Å². The molecule has 0 saturated heterocycles. The van der Waals surface area contributed by atoms with Crippen molar-refractivity contribution in [2.45, 2.75) is 11.5 Å². The van der Waals surface area contributed by atoms with Crippen molar-refractivity contribution in [2.75, 3.05) is 26.0 Å². The first-order chi connectivity index (χ1) is 14.0. The lowest BCUT2D eigenvalue weighted by molar-refractivity contribution is -0.119. The van der Waals surface area contributed by atoms with E-state index in [-0.39, 0.29) is 26.9 Å². The average molecular weight is 463 g/mol. The highest BCUT2D eigenvalue weighted by atomic mass is 35.5. The number of nitrogens with one attached hydrogen (secondary N) is 1. The summed E-state index contributed by atoms with van der Waals surface area (Å²) in [6.45, 7) is -3.65. The van der Waals surface area contributed by atoms with E-state index in [0.29, 0.717) is 0 Å². The fourth-order valence-corrected chi connectivity index (χ4v) is 3.28. The highest BCUT2D eigenvalue weighted by Gasteiger charge is 2.22. The number of nitrogens with zero attached hydrogens (tertiary/aromatic N) is 1. The third-order valence-corrected chi connectivity index (χ3v) is 5.77. The maximum Gasteiger partial charge on any atom is 0.387 e. The molecule has 2 aromatic rings. The lowest BCUT2D eigenvalue weighted by Crippen LogP contribution is -2.23. The van der Waals surface area contributed by atoms with E-state index in [9.17, 15) is 26.8 Å². The van der Waals surface area contributed by atoms with Crippen LogP contribution in [0, 0.1) is 0 Å². The highest BCUT2D eigenvalue weighted by molar-refractivity contribution is 7.89. The number of anilines is 1. The van der Waals surface area contributed by atoms with Gasteiger partial charge < -0.3 is 14.8 Å². The molecular weight excluding hydrogens is 446 g/mol. The van der Waals surface area contributed by atoms with Crippen LogP contribution in [0.3, 0.4) is 0 Å². The Hall–Kier alpha value is -2.76. The van der Waals surface area contributed by atoms with Gasteiger partial charge in [-0.25, -0.2) is 17.5 Å². The lowest BCUT2D eigenvalue weighted by atomic mass is 10.2. The first-order valence-electron chi connectivity index (χ1n) is 8.24. The summed E-state index contributed by atoms with van der Waals surface area (Å²) in [5, 5.41) is 2.35. The summed E-state index contributed by atoms with van der Waals surface area (Å²) in [5.74, 6) is -1.79. The Morgan fingerprint density at radius 2 is 1.77 bits per heavy atom. The molecule has 162 valence electrons. The van der Waals surface area contributed by atoms with Gasteiger partial charge in [-0.15, -0.1) is 0 Å². The summed E-state index contributed by atoms with van der Waals surface area (Å²) in [7, 11) is -1.14. The fraction of sp³-hybridized carbons (Fsp3) is 0.222. The predicted molar refractivity (Wildman–Crippen MR) is 104 cm³/mol. The van der Waals surface area contributed by atoms with Gasteiger partial charge in [0.05, 0.1) is 15.5 Å². The van der Waals surface area contributed by atoms with Gasteiger partial charge in [-0.2, -0.15) is 8.78 Å². The van der Waals surface area contributed by atoms with Gasteiger partial charge in [-0.1, -0.05) is 11.6 Å². The topological polar surface area (TPSA) is 102 Å². The third kappa shape index (κ3) is 6.12. The van der Waals surface area contributed by atoms with Crippen LogP contribution in [0.1, 0.15) is 10.4 Å². The number of carbonyl (C=O) groups excluding carboxylic acids is 2. The SMILES string of the molecule is CN(C)S(=O)(=O)c1ccc(Cl)c(C(=O)OCC(=O)Nc2ccc(OC(F)F)cc2)c1. The molecule has 12 heteroatoms. The van der Waals surface area contributed by atoms with Crippen molar-refractivity contribution < 1.29 is 36.3 Å². The largest absolute Gasteiger partial charge is 0.452 e. The molecule has 0 aliphatic rings. The number of hydrogen-bond donors (Lipinski definition) is 1. The molecule has 0 bridgehead atoms. The number of carbonyl (C=O) groups is 2. The molecule has 0 spiro atoms. The van der Waals surface area contributed by atoms with E-state index in [1.54, 1.807) is 0 Å². The molecule has 8 nitrogen and oxygen atoms in total. The molecular formula is C18H17ClF2N2O6S. The second-order valence-electron chi connectivity index (χ2n) is 5.96. The van der Waals surface area contributed by atoms with Crippen LogP contribution in [0.5, 0.6) is 5.75 Å². The monoisotopic (exact) mass is 462 g/mol. The third-order valence-electron chi connectivity index (χ3n) is 3.63. The van der Waals surface area contributed by atoms with Gasteiger partial charge >= 0.3 is 12.6 Å². The van der Waals surface area contributed by atoms with Crippen LogP contribution in [0.2, 0.25) is 5.02 Å². The van der Waals surface area contributed by atoms with E-state index < -0.39 is 35.1 Å². The minimum absolute atomic E-state index is 0.0484. The van der Waals surface area contributed by atoms with Crippen molar-refractivity contribution in [2.24, 2.45) is 0 Å². The van der Waals surface area contributed by atoms with Crippen molar-refractivity contribution in [3.63, 3.8) is 0 Å². The number of amides is 1. The Morgan fingerprint density at radius 3 is 2.33 bits per heavy atom. The van der Waals surface area contributed by atoms with Gasteiger partial charge in [0, 0.05) is 19.8 Å².